The van der Waals surface area contributed by atoms with Crippen molar-refractivity contribution in [2.45, 2.75) is 51.4 Å². The van der Waals surface area contributed by atoms with E-state index in [2.05, 4.69) is 5.32 Å². The topological polar surface area (TPSA) is 32.3 Å². The number of alkyl halides is 1. The Labute approximate surface area is 91.0 Å². The van der Waals surface area contributed by atoms with Crippen molar-refractivity contribution in [2.24, 2.45) is 0 Å². The molecule has 88 valence electrons. The zero-order valence-electron chi connectivity index (χ0n) is 10.0. The lowest BCUT2D eigenvalue weighted by Crippen LogP contribution is -2.50. The van der Waals surface area contributed by atoms with Crippen LogP contribution in [0.4, 0.5) is 4.39 Å². The number of likely N-dealkylation sites (tertiary alicyclic amines) is 1. The molecule has 1 aliphatic rings. The van der Waals surface area contributed by atoms with Crippen LogP contribution in [-0.4, -0.2) is 42.2 Å². The van der Waals surface area contributed by atoms with Crippen molar-refractivity contribution < 1.29 is 9.18 Å². The zero-order chi connectivity index (χ0) is 11.6. The molecule has 1 saturated heterocycles. The third-order valence-electron chi connectivity index (χ3n) is 3.15. The molecule has 0 saturated carbocycles. The molecule has 1 heterocycles. The van der Waals surface area contributed by atoms with Gasteiger partial charge in [-0.2, -0.15) is 0 Å². The molecule has 1 amide bonds. The Bertz CT molecular complexity index is 243. The van der Waals surface area contributed by atoms with E-state index in [0.717, 1.165) is 6.42 Å². The van der Waals surface area contributed by atoms with Crippen LogP contribution in [0.25, 0.3) is 0 Å². The second-order valence-electron chi connectivity index (χ2n) is 5.02. The molecule has 0 unspecified atom stereocenters. The van der Waals surface area contributed by atoms with E-state index in [1.165, 1.54) is 0 Å². The first-order valence-corrected chi connectivity index (χ1v) is 5.52. The number of nitrogens with zero attached hydrogens (tertiary/aromatic N) is 1. The van der Waals surface area contributed by atoms with Crippen LogP contribution in [0.5, 0.6) is 0 Å². The number of hydrogen-bond acceptors (Lipinski definition) is 2. The number of carbonyl (C=O) groups is 1. The van der Waals surface area contributed by atoms with Crippen molar-refractivity contribution in [3.05, 3.63) is 0 Å². The molecule has 0 spiro atoms. The van der Waals surface area contributed by atoms with Crippen molar-refractivity contribution in [3.8, 4) is 0 Å². The van der Waals surface area contributed by atoms with Gasteiger partial charge in [0.1, 0.15) is 6.17 Å². The summed E-state index contributed by atoms with van der Waals surface area (Å²) in [5.74, 6) is -0.0514. The summed E-state index contributed by atoms with van der Waals surface area (Å²) >= 11 is 0. The molecule has 0 aliphatic carbocycles. The lowest BCUT2D eigenvalue weighted by molar-refractivity contribution is -0.126. The Morgan fingerprint density at radius 3 is 2.60 bits per heavy atom. The van der Waals surface area contributed by atoms with Crippen LogP contribution in [0.15, 0.2) is 0 Å². The summed E-state index contributed by atoms with van der Waals surface area (Å²) in [7, 11) is 1.79. The molecule has 2 atom stereocenters. The third kappa shape index (κ3) is 3.16. The third-order valence-corrected chi connectivity index (χ3v) is 3.15. The van der Waals surface area contributed by atoms with Gasteiger partial charge in [-0.15, -0.1) is 0 Å². The molecule has 15 heavy (non-hydrogen) atoms. The predicted molar refractivity (Wildman–Crippen MR) is 58.4 cm³/mol. The number of likely N-dealkylation sites (N-methyl/N-ethyl adjacent to an activating group) is 1. The minimum Gasteiger partial charge on any atom is -0.350 e. The fraction of sp³-hybridized carbons (Fsp3) is 0.909. The first-order valence-electron chi connectivity index (χ1n) is 5.52. The molecule has 0 aromatic carbocycles. The molecular weight excluding hydrogens is 195 g/mol. The molecular formula is C11H21FN2O. The van der Waals surface area contributed by atoms with Gasteiger partial charge in [0.2, 0.25) is 5.91 Å². The fourth-order valence-electron chi connectivity index (χ4n) is 1.75. The van der Waals surface area contributed by atoms with Gasteiger partial charge in [-0.25, -0.2) is 4.39 Å². The zero-order valence-corrected chi connectivity index (χ0v) is 10.0. The highest BCUT2D eigenvalue weighted by Crippen LogP contribution is 2.19. The van der Waals surface area contributed by atoms with Crippen molar-refractivity contribution in [2.75, 3.05) is 13.6 Å². The van der Waals surface area contributed by atoms with Gasteiger partial charge in [0, 0.05) is 18.5 Å². The molecule has 1 rings (SSSR count). The van der Waals surface area contributed by atoms with Crippen LogP contribution in [-0.2, 0) is 4.79 Å². The molecule has 1 aliphatic heterocycles. The van der Waals surface area contributed by atoms with E-state index in [4.69, 9.17) is 0 Å². The minimum absolute atomic E-state index is 0.0514. The quantitative estimate of drug-likeness (QED) is 0.772. The van der Waals surface area contributed by atoms with E-state index < -0.39 is 6.17 Å². The SMILES string of the molecule is CCC(C)(C)NC(=O)[C@@H]1C[C@H](F)CN1C. The minimum atomic E-state index is -0.865. The van der Waals surface area contributed by atoms with Crippen LogP contribution >= 0.6 is 0 Å². The molecule has 4 heteroatoms. The number of rotatable bonds is 3. The van der Waals surface area contributed by atoms with Crippen molar-refractivity contribution in [1.29, 1.82) is 0 Å². The standard InChI is InChI=1S/C11H21FN2O/c1-5-11(2,3)13-10(15)9-6-8(12)7-14(9)4/h8-9H,5-7H2,1-4H3,(H,13,15)/t8-,9-/m0/s1. The van der Waals surface area contributed by atoms with Crippen molar-refractivity contribution in [3.63, 3.8) is 0 Å². The molecule has 0 aromatic heterocycles. The van der Waals surface area contributed by atoms with E-state index in [-0.39, 0.29) is 17.5 Å². The maximum absolute atomic E-state index is 13.1. The highest BCUT2D eigenvalue weighted by Gasteiger charge is 2.35. The van der Waals surface area contributed by atoms with Crippen molar-refractivity contribution >= 4 is 5.91 Å². The van der Waals surface area contributed by atoms with Gasteiger partial charge in [0.05, 0.1) is 6.04 Å². The van der Waals surface area contributed by atoms with E-state index in [0.29, 0.717) is 13.0 Å². The summed E-state index contributed by atoms with van der Waals surface area (Å²) in [5.41, 5.74) is -0.202. The second kappa shape index (κ2) is 4.47. The van der Waals surface area contributed by atoms with E-state index in [1.807, 2.05) is 20.8 Å². The normalized spacial score (nSPS) is 28.1. The van der Waals surface area contributed by atoms with Crippen LogP contribution in [0.2, 0.25) is 0 Å². The number of nitrogens with one attached hydrogen (secondary N) is 1. The molecule has 1 fully saturated rings. The Morgan fingerprint density at radius 1 is 1.60 bits per heavy atom. The lowest BCUT2D eigenvalue weighted by atomic mass is 10.0. The maximum Gasteiger partial charge on any atom is 0.237 e. The number of hydrogen-bond donors (Lipinski definition) is 1. The molecule has 0 radical (unpaired) electrons. The van der Waals surface area contributed by atoms with Gasteiger partial charge in [-0.1, -0.05) is 6.92 Å². The Balaban J connectivity index is 2.54. The van der Waals surface area contributed by atoms with Gasteiger partial charge < -0.3 is 5.32 Å². The number of carbonyl (C=O) groups excluding carboxylic acids is 1. The highest BCUT2D eigenvalue weighted by molar-refractivity contribution is 5.82. The monoisotopic (exact) mass is 216 g/mol. The van der Waals surface area contributed by atoms with Crippen LogP contribution < -0.4 is 5.32 Å². The predicted octanol–water partition coefficient (Wildman–Crippen LogP) is 1.33. The highest BCUT2D eigenvalue weighted by atomic mass is 19.1. The van der Waals surface area contributed by atoms with Gasteiger partial charge >= 0.3 is 0 Å². The van der Waals surface area contributed by atoms with Crippen LogP contribution in [0, 0.1) is 0 Å². The maximum atomic E-state index is 13.1. The fourth-order valence-corrected chi connectivity index (χ4v) is 1.75. The second-order valence-corrected chi connectivity index (χ2v) is 5.02. The van der Waals surface area contributed by atoms with Crippen LogP contribution in [0.1, 0.15) is 33.6 Å². The number of halogens is 1. The largest absolute Gasteiger partial charge is 0.350 e. The lowest BCUT2D eigenvalue weighted by Gasteiger charge is -2.28. The van der Waals surface area contributed by atoms with Gasteiger partial charge in [0.15, 0.2) is 0 Å². The molecule has 0 aromatic rings. The van der Waals surface area contributed by atoms with Gasteiger partial charge in [0.25, 0.3) is 0 Å². The smallest absolute Gasteiger partial charge is 0.237 e. The van der Waals surface area contributed by atoms with Gasteiger partial charge in [-0.05, 0) is 27.3 Å². The van der Waals surface area contributed by atoms with Crippen LogP contribution in [0.3, 0.4) is 0 Å². The summed E-state index contributed by atoms with van der Waals surface area (Å²) < 4.78 is 13.1. The average Bonchev–Trinajstić information content (AvgIpc) is 2.45. The van der Waals surface area contributed by atoms with Gasteiger partial charge in [-0.3, -0.25) is 9.69 Å². The number of amides is 1. The summed E-state index contributed by atoms with van der Waals surface area (Å²) in [5, 5.41) is 2.95. The van der Waals surface area contributed by atoms with E-state index in [9.17, 15) is 9.18 Å². The average molecular weight is 216 g/mol. The first kappa shape index (κ1) is 12.4. The van der Waals surface area contributed by atoms with E-state index in [1.54, 1.807) is 11.9 Å². The Kier molecular flexibility index (Phi) is 3.71. The Hall–Kier alpha value is -0.640. The molecule has 0 bridgehead atoms. The summed E-state index contributed by atoms with van der Waals surface area (Å²) in [6.07, 6.45) is 0.326. The summed E-state index contributed by atoms with van der Waals surface area (Å²) in [6, 6.07) is -0.300. The Morgan fingerprint density at radius 2 is 2.20 bits per heavy atom. The van der Waals surface area contributed by atoms with Crippen molar-refractivity contribution in [1.82, 2.24) is 10.2 Å². The molecule has 1 N–H and O–H groups in total. The summed E-state index contributed by atoms with van der Waals surface area (Å²) in [6.45, 7) is 6.35. The molecule has 3 nitrogen and oxygen atoms in total. The first-order chi connectivity index (χ1) is 6.85. The summed E-state index contributed by atoms with van der Waals surface area (Å²) in [4.78, 5) is 13.6. The van der Waals surface area contributed by atoms with E-state index >= 15 is 0 Å².